The van der Waals surface area contributed by atoms with Gasteiger partial charge >= 0.3 is 0 Å². The number of carbonyl (C=O) groups excluding carboxylic acids is 1. The quantitative estimate of drug-likeness (QED) is 0.636. The Bertz CT molecular complexity index is 925. The van der Waals surface area contributed by atoms with Crippen molar-refractivity contribution in [1.29, 1.82) is 0 Å². The first-order chi connectivity index (χ1) is 12.6. The Kier molecular flexibility index (Phi) is 5.96. The van der Waals surface area contributed by atoms with Gasteiger partial charge in [-0.05, 0) is 36.2 Å². The van der Waals surface area contributed by atoms with E-state index in [0.717, 1.165) is 17.7 Å². The van der Waals surface area contributed by atoms with Crippen LogP contribution in [0.4, 0.5) is 5.69 Å². The van der Waals surface area contributed by atoms with Gasteiger partial charge in [-0.2, -0.15) is 0 Å². The smallest absolute Gasteiger partial charge is 0.234 e. The molecule has 0 atom stereocenters. The predicted molar refractivity (Wildman–Crippen MR) is 107 cm³/mol. The van der Waals surface area contributed by atoms with E-state index in [0.29, 0.717) is 16.0 Å². The highest BCUT2D eigenvalue weighted by Crippen LogP contribution is 2.28. The molecule has 3 aromatic rings. The molecule has 0 aliphatic rings. The zero-order valence-corrected chi connectivity index (χ0v) is 16.1. The van der Waals surface area contributed by atoms with Crippen molar-refractivity contribution in [2.45, 2.75) is 18.5 Å². The molecular formula is C19H19ClN4OS. The fourth-order valence-corrected chi connectivity index (χ4v) is 3.45. The van der Waals surface area contributed by atoms with Gasteiger partial charge in [-0.15, -0.1) is 10.2 Å². The van der Waals surface area contributed by atoms with Crippen molar-refractivity contribution < 1.29 is 4.79 Å². The van der Waals surface area contributed by atoms with E-state index in [4.69, 9.17) is 11.6 Å². The molecule has 1 heterocycles. The van der Waals surface area contributed by atoms with E-state index < -0.39 is 0 Å². The van der Waals surface area contributed by atoms with E-state index in [1.165, 1.54) is 17.3 Å². The number of hydrogen-bond acceptors (Lipinski definition) is 4. The molecule has 0 radical (unpaired) electrons. The number of nitrogens with zero attached hydrogens (tertiary/aromatic N) is 3. The standard InChI is InChI=1S/C19H19ClN4OS/c1-3-13-7-6-8-14(11-13)21-17(25)12-26-19-23-22-18(24(19)2)15-9-4-5-10-16(15)20/h4-11H,3,12H2,1-2H3,(H,21,25). The van der Waals surface area contributed by atoms with Crippen LogP contribution >= 0.6 is 23.4 Å². The van der Waals surface area contributed by atoms with Gasteiger partial charge in [0.1, 0.15) is 0 Å². The number of aromatic nitrogens is 3. The molecule has 0 unspecified atom stereocenters. The molecule has 0 aliphatic carbocycles. The molecule has 2 aromatic carbocycles. The van der Waals surface area contributed by atoms with Crippen LogP contribution < -0.4 is 5.32 Å². The molecule has 0 aliphatic heterocycles. The third-order valence-electron chi connectivity index (χ3n) is 3.90. The van der Waals surface area contributed by atoms with Gasteiger partial charge in [-0.25, -0.2) is 0 Å². The van der Waals surface area contributed by atoms with Crippen LogP contribution in [-0.4, -0.2) is 26.4 Å². The first-order valence-corrected chi connectivity index (χ1v) is 9.60. The van der Waals surface area contributed by atoms with Crippen LogP contribution in [0.5, 0.6) is 0 Å². The first kappa shape index (κ1) is 18.5. The fraction of sp³-hybridized carbons (Fsp3) is 0.211. The van der Waals surface area contributed by atoms with Crippen molar-refractivity contribution in [3.63, 3.8) is 0 Å². The van der Waals surface area contributed by atoms with E-state index in [-0.39, 0.29) is 11.7 Å². The molecule has 1 aromatic heterocycles. The van der Waals surface area contributed by atoms with Gasteiger partial charge in [-0.1, -0.05) is 54.6 Å². The van der Waals surface area contributed by atoms with Gasteiger partial charge in [0.05, 0.1) is 10.8 Å². The molecule has 134 valence electrons. The molecule has 0 spiro atoms. The number of thioether (sulfide) groups is 1. The van der Waals surface area contributed by atoms with Crippen molar-refractivity contribution in [1.82, 2.24) is 14.8 Å². The number of anilines is 1. The van der Waals surface area contributed by atoms with Crippen LogP contribution in [0.1, 0.15) is 12.5 Å². The summed E-state index contributed by atoms with van der Waals surface area (Å²) in [5.41, 5.74) is 2.81. The third kappa shape index (κ3) is 4.26. The summed E-state index contributed by atoms with van der Waals surface area (Å²) in [7, 11) is 1.86. The lowest BCUT2D eigenvalue weighted by Crippen LogP contribution is -2.14. The minimum atomic E-state index is -0.0782. The Morgan fingerprint density at radius 1 is 1.19 bits per heavy atom. The maximum Gasteiger partial charge on any atom is 0.234 e. The highest BCUT2D eigenvalue weighted by molar-refractivity contribution is 7.99. The van der Waals surface area contributed by atoms with Crippen LogP contribution in [0.2, 0.25) is 5.02 Å². The number of nitrogens with one attached hydrogen (secondary N) is 1. The number of halogens is 1. The Labute approximate surface area is 161 Å². The summed E-state index contributed by atoms with van der Waals surface area (Å²) in [6.07, 6.45) is 0.933. The Balaban J connectivity index is 1.65. The molecule has 1 amide bonds. The molecule has 3 rings (SSSR count). The normalized spacial score (nSPS) is 10.7. The van der Waals surface area contributed by atoms with Gasteiger partial charge in [0.25, 0.3) is 0 Å². The van der Waals surface area contributed by atoms with Crippen molar-refractivity contribution in [2.24, 2.45) is 7.05 Å². The SMILES string of the molecule is CCc1cccc(NC(=O)CSc2nnc(-c3ccccc3Cl)n2C)c1. The minimum absolute atomic E-state index is 0.0782. The van der Waals surface area contributed by atoms with Crippen molar-refractivity contribution >= 4 is 35.0 Å². The monoisotopic (exact) mass is 386 g/mol. The van der Waals surface area contributed by atoms with Crippen LogP contribution in [0.15, 0.2) is 53.7 Å². The van der Waals surface area contributed by atoms with Crippen molar-refractivity contribution in [3.8, 4) is 11.4 Å². The molecule has 0 fully saturated rings. The predicted octanol–water partition coefficient (Wildman–Crippen LogP) is 4.43. The Hall–Kier alpha value is -2.31. The maximum absolute atomic E-state index is 12.2. The van der Waals surface area contributed by atoms with E-state index in [1.54, 1.807) is 0 Å². The van der Waals surface area contributed by atoms with Gasteiger partial charge in [-0.3, -0.25) is 4.79 Å². The van der Waals surface area contributed by atoms with Gasteiger partial charge in [0, 0.05) is 18.3 Å². The van der Waals surface area contributed by atoms with Crippen LogP contribution in [0, 0.1) is 0 Å². The zero-order chi connectivity index (χ0) is 18.5. The second-order valence-electron chi connectivity index (χ2n) is 5.74. The number of carbonyl (C=O) groups is 1. The molecule has 5 nitrogen and oxygen atoms in total. The lowest BCUT2D eigenvalue weighted by molar-refractivity contribution is -0.113. The number of aryl methyl sites for hydroxylation is 1. The molecule has 1 N–H and O–H groups in total. The maximum atomic E-state index is 12.2. The third-order valence-corrected chi connectivity index (χ3v) is 5.25. The van der Waals surface area contributed by atoms with Gasteiger partial charge < -0.3 is 9.88 Å². The van der Waals surface area contributed by atoms with E-state index in [1.807, 2.05) is 60.1 Å². The minimum Gasteiger partial charge on any atom is -0.325 e. The van der Waals surface area contributed by atoms with E-state index in [2.05, 4.69) is 22.4 Å². The summed E-state index contributed by atoms with van der Waals surface area (Å²) in [6, 6.07) is 15.3. The molecule has 0 saturated heterocycles. The largest absolute Gasteiger partial charge is 0.325 e. The first-order valence-electron chi connectivity index (χ1n) is 8.24. The summed E-state index contributed by atoms with van der Waals surface area (Å²) in [6.45, 7) is 2.08. The zero-order valence-electron chi connectivity index (χ0n) is 14.6. The Morgan fingerprint density at radius 2 is 2.00 bits per heavy atom. The van der Waals surface area contributed by atoms with E-state index in [9.17, 15) is 4.79 Å². The lowest BCUT2D eigenvalue weighted by atomic mass is 10.1. The second kappa shape index (κ2) is 8.38. The number of amides is 1. The lowest BCUT2D eigenvalue weighted by Gasteiger charge is -2.07. The average molecular weight is 387 g/mol. The highest BCUT2D eigenvalue weighted by atomic mass is 35.5. The molecule has 0 saturated carbocycles. The second-order valence-corrected chi connectivity index (χ2v) is 7.09. The summed E-state index contributed by atoms with van der Waals surface area (Å²) in [5, 5.41) is 12.6. The molecular weight excluding hydrogens is 368 g/mol. The summed E-state index contributed by atoms with van der Waals surface area (Å²) >= 11 is 7.57. The summed E-state index contributed by atoms with van der Waals surface area (Å²) < 4.78 is 1.84. The number of rotatable bonds is 6. The van der Waals surface area contributed by atoms with Crippen LogP contribution in [0.25, 0.3) is 11.4 Å². The summed E-state index contributed by atoms with van der Waals surface area (Å²) in [4.78, 5) is 12.2. The van der Waals surface area contributed by atoms with E-state index >= 15 is 0 Å². The molecule has 7 heteroatoms. The average Bonchev–Trinajstić information content (AvgIpc) is 3.01. The van der Waals surface area contributed by atoms with Crippen molar-refractivity contribution in [2.75, 3.05) is 11.1 Å². The summed E-state index contributed by atoms with van der Waals surface area (Å²) in [5.74, 6) is 0.852. The van der Waals surface area contributed by atoms with Crippen LogP contribution in [-0.2, 0) is 18.3 Å². The van der Waals surface area contributed by atoms with Gasteiger partial charge in [0.15, 0.2) is 11.0 Å². The van der Waals surface area contributed by atoms with Crippen LogP contribution in [0.3, 0.4) is 0 Å². The Morgan fingerprint density at radius 3 is 2.77 bits per heavy atom. The molecule has 0 bridgehead atoms. The fourth-order valence-electron chi connectivity index (χ4n) is 2.51. The van der Waals surface area contributed by atoms with Gasteiger partial charge in [0.2, 0.25) is 5.91 Å². The number of hydrogen-bond donors (Lipinski definition) is 1. The van der Waals surface area contributed by atoms with Crippen molar-refractivity contribution in [3.05, 3.63) is 59.1 Å². The topological polar surface area (TPSA) is 59.8 Å². The molecule has 26 heavy (non-hydrogen) atoms. The number of benzene rings is 2. The highest BCUT2D eigenvalue weighted by Gasteiger charge is 2.14.